The molecule has 1 N–H and O–H groups in total. The molecule has 1 aromatic carbocycles. The normalized spacial score (nSPS) is 15.2. The second-order valence-electron chi connectivity index (χ2n) is 4.87. The Morgan fingerprint density at radius 2 is 2.26 bits per heavy atom. The van der Waals surface area contributed by atoms with Crippen molar-refractivity contribution in [1.82, 2.24) is 9.55 Å². The monoisotopic (exact) mass is 388 g/mol. The Bertz CT molecular complexity index is 714. The highest BCUT2D eigenvalue weighted by Gasteiger charge is 2.10. The van der Waals surface area contributed by atoms with Gasteiger partial charge in [-0.25, -0.2) is 4.39 Å². The Kier molecular flexibility index (Phi) is 3.75. The zero-order valence-electron chi connectivity index (χ0n) is 10.4. The fourth-order valence-corrected chi connectivity index (χ4v) is 3.36. The molecule has 0 aliphatic heterocycles. The van der Waals surface area contributed by atoms with E-state index in [-0.39, 0.29) is 5.82 Å². The first-order valence-electron chi connectivity index (χ1n) is 6.40. The molecule has 0 atom stereocenters. The third-order valence-electron chi connectivity index (χ3n) is 3.61. The van der Waals surface area contributed by atoms with Crippen molar-refractivity contribution in [2.24, 2.45) is 0 Å². The Morgan fingerprint density at radius 1 is 1.42 bits per heavy atom. The summed E-state index contributed by atoms with van der Waals surface area (Å²) >= 11 is 7.34. The SMILES string of the molecule is Fc1cc2c(cc1I)[nH]c(=S)n2CCC1=CCCC1. The Balaban J connectivity index is 1.95. The van der Waals surface area contributed by atoms with E-state index in [1.165, 1.54) is 24.8 Å². The number of hydrogen-bond donors (Lipinski definition) is 1. The van der Waals surface area contributed by atoms with Gasteiger partial charge in [-0.05, 0) is 66.6 Å². The van der Waals surface area contributed by atoms with Crippen LogP contribution in [-0.4, -0.2) is 9.55 Å². The zero-order chi connectivity index (χ0) is 13.4. The average molecular weight is 388 g/mol. The third-order valence-corrected chi connectivity index (χ3v) is 4.76. The van der Waals surface area contributed by atoms with Gasteiger partial charge in [-0.3, -0.25) is 0 Å². The number of imidazole rings is 1. The topological polar surface area (TPSA) is 20.7 Å². The molecule has 100 valence electrons. The number of fused-ring (bicyclic) bond motifs is 1. The molecule has 2 nitrogen and oxygen atoms in total. The van der Waals surface area contributed by atoms with E-state index < -0.39 is 0 Å². The van der Waals surface area contributed by atoms with Crippen LogP contribution in [0, 0.1) is 14.2 Å². The van der Waals surface area contributed by atoms with Crippen molar-refractivity contribution in [3.63, 3.8) is 0 Å². The number of allylic oxidation sites excluding steroid dienone is 2. The Labute approximate surface area is 129 Å². The van der Waals surface area contributed by atoms with Crippen LogP contribution < -0.4 is 0 Å². The molecule has 0 saturated heterocycles. The zero-order valence-corrected chi connectivity index (χ0v) is 13.4. The summed E-state index contributed by atoms with van der Waals surface area (Å²) in [7, 11) is 0. The first-order valence-corrected chi connectivity index (χ1v) is 7.89. The van der Waals surface area contributed by atoms with Gasteiger partial charge in [0, 0.05) is 12.6 Å². The second kappa shape index (κ2) is 5.36. The lowest BCUT2D eigenvalue weighted by Gasteiger charge is -2.06. The minimum absolute atomic E-state index is 0.184. The molecule has 1 heterocycles. The van der Waals surface area contributed by atoms with E-state index >= 15 is 0 Å². The number of aromatic amines is 1. The van der Waals surface area contributed by atoms with Crippen LogP contribution in [0.15, 0.2) is 23.8 Å². The van der Waals surface area contributed by atoms with Crippen LogP contribution in [0.1, 0.15) is 25.7 Å². The van der Waals surface area contributed by atoms with Crippen molar-refractivity contribution in [3.8, 4) is 0 Å². The minimum atomic E-state index is -0.184. The summed E-state index contributed by atoms with van der Waals surface area (Å²) in [6.45, 7) is 0.824. The standard InChI is InChI=1S/C14H14FIN2S/c15-10-7-13-12(8-11(10)16)17-14(19)18(13)6-5-9-3-1-2-4-9/h3,7-8H,1-2,4-6H2,(H,17,19). The molecule has 1 aliphatic carbocycles. The first kappa shape index (κ1) is 13.3. The third kappa shape index (κ3) is 2.63. The molecule has 0 bridgehead atoms. The van der Waals surface area contributed by atoms with Crippen molar-refractivity contribution in [1.29, 1.82) is 0 Å². The van der Waals surface area contributed by atoms with Crippen LogP contribution in [-0.2, 0) is 6.54 Å². The highest BCUT2D eigenvalue weighted by Crippen LogP contribution is 2.24. The summed E-state index contributed by atoms with van der Waals surface area (Å²) in [5, 5.41) is 0. The number of nitrogens with zero attached hydrogens (tertiary/aromatic N) is 1. The van der Waals surface area contributed by atoms with E-state index in [1.54, 1.807) is 6.07 Å². The number of aromatic nitrogens is 2. The molecule has 2 aromatic rings. The number of benzene rings is 1. The molecular weight excluding hydrogens is 374 g/mol. The van der Waals surface area contributed by atoms with Crippen molar-refractivity contribution in [2.45, 2.75) is 32.2 Å². The molecule has 19 heavy (non-hydrogen) atoms. The Morgan fingerprint density at radius 3 is 3.00 bits per heavy atom. The molecule has 3 rings (SSSR count). The fourth-order valence-electron chi connectivity index (χ4n) is 2.59. The number of hydrogen-bond acceptors (Lipinski definition) is 1. The maximum absolute atomic E-state index is 13.7. The van der Waals surface area contributed by atoms with E-state index in [1.807, 2.05) is 33.2 Å². The van der Waals surface area contributed by atoms with Crippen molar-refractivity contribution >= 4 is 45.8 Å². The number of H-pyrrole nitrogens is 1. The molecule has 0 amide bonds. The molecule has 0 radical (unpaired) electrons. The number of halogens is 2. The van der Waals surface area contributed by atoms with Crippen molar-refractivity contribution in [3.05, 3.63) is 37.9 Å². The lowest BCUT2D eigenvalue weighted by molar-refractivity contribution is 0.619. The summed E-state index contributed by atoms with van der Waals surface area (Å²) in [5.74, 6) is -0.184. The van der Waals surface area contributed by atoms with Gasteiger partial charge in [0.05, 0.1) is 14.6 Å². The van der Waals surface area contributed by atoms with Gasteiger partial charge < -0.3 is 9.55 Å². The van der Waals surface area contributed by atoms with Gasteiger partial charge >= 0.3 is 0 Å². The fraction of sp³-hybridized carbons (Fsp3) is 0.357. The number of nitrogens with one attached hydrogen (secondary N) is 1. The average Bonchev–Trinajstić information content (AvgIpc) is 2.96. The van der Waals surface area contributed by atoms with Gasteiger partial charge in [-0.1, -0.05) is 11.6 Å². The summed E-state index contributed by atoms with van der Waals surface area (Å²) in [6.07, 6.45) is 6.99. The molecule has 1 aromatic heterocycles. The number of aryl methyl sites for hydroxylation is 1. The number of rotatable bonds is 3. The largest absolute Gasteiger partial charge is 0.331 e. The highest BCUT2D eigenvalue weighted by atomic mass is 127. The van der Waals surface area contributed by atoms with Crippen LogP contribution in [0.5, 0.6) is 0 Å². The smallest absolute Gasteiger partial charge is 0.178 e. The van der Waals surface area contributed by atoms with Gasteiger partial charge in [0.1, 0.15) is 5.82 Å². The summed E-state index contributed by atoms with van der Waals surface area (Å²) in [5.41, 5.74) is 3.28. The molecule has 0 fully saturated rings. The van der Waals surface area contributed by atoms with Crippen LogP contribution >= 0.6 is 34.8 Å². The van der Waals surface area contributed by atoms with E-state index in [4.69, 9.17) is 12.2 Å². The van der Waals surface area contributed by atoms with E-state index in [0.29, 0.717) is 8.34 Å². The summed E-state index contributed by atoms with van der Waals surface area (Å²) < 4.78 is 17.0. The van der Waals surface area contributed by atoms with Crippen LogP contribution in [0.25, 0.3) is 11.0 Å². The highest BCUT2D eigenvalue weighted by molar-refractivity contribution is 14.1. The van der Waals surface area contributed by atoms with Crippen molar-refractivity contribution in [2.75, 3.05) is 0 Å². The quantitative estimate of drug-likeness (QED) is 0.449. The molecule has 0 spiro atoms. The predicted molar refractivity (Wildman–Crippen MR) is 86.3 cm³/mol. The summed E-state index contributed by atoms with van der Waals surface area (Å²) in [6, 6.07) is 3.39. The van der Waals surface area contributed by atoms with E-state index in [9.17, 15) is 4.39 Å². The lowest BCUT2D eigenvalue weighted by Crippen LogP contribution is -1.99. The lowest BCUT2D eigenvalue weighted by atomic mass is 10.1. The van der Waals surface area contributed by atoms with Crippen LogP contribution in [0.2, 0.25) is 0 Å². The minimum Gasteiger partial charge on any atom is -0.331 e. The second-order valence-corrected chi connectivity index (χ2v) is 6.42. The molecule has 5 heteroatoms. The van der Waals surface area contributed by atoms with Gasteiger partial charge in [0.2, 0.25) is 0 Å². The predicted octanol–water partition coefficient (Wildman–Crippen LogP) is 4.94. The van der Waals surface area contributed by atoms with E-state index in [2.05, 4.69) is 11.1 Å². The summed E-state index contributed by atoms with van der Waals surface area (Å²) in [4.78, 5) is 3.16. The first-order chi connectivity index (χ1) is 9.15. The maximum atomic E-state index is 13.7. The van der Waals surface area contributed by atoms with E-state index in [0.717, 1.165) is 24.0 Å². The van der Waals surface area contributed by atoms with Crippen LogP contribution in [0.3, 0.4) is 0 Å². The Hall–Kier alpha value is -0.690. The van der Waals surface area contributed by atoms with Gasteiger partial charge in [0.25, 0.3) is 0 Å². The molecular formula is C14H14FIN2S. The van der Waals surface area contributed by atoms with Crippen molar-refractivity contribution < 1.29 is 4.39 Å². The molecule has 1 aliphatic rings. The molecule has 0 unspecified atom stereocenters. The van der Waals surface area contributed by atoms with Gasteiger partial charge in [-0.2, -0.15) is 0 Å². The molecule has 0 saturated carbocycles. The van der Waals surface area contributed by atoms with Gasteiger partial charge in [-0.15, -0.1) is 0 Å². The van der Waals surface area contributed by atoms with Crippen LogP contribution in [0.4, 0.5) is 4.39 Å². The van der Waals surface area contributed by atoms with Gasteiger partial charge in [0.15, 0.2) is 4.77 Å². The maximum Gasteiger partial charge on any atom is 0.178 e.